The van der Waals surface area contributed by atoms with E-state index in [1.54, 1.807) is 0 Å². The third-order valence-corrected chi connectivity index (χ3v) is 7.60. The monoisotopic (exact) mass is 380 g/mol. The molecule has 6 rings (SSSR count). The fourth-order valence-corrected chi connectivity index (χ4v) is 6.41. The average Bonchev–Trinajstić information content (AvgIpc) is 3.01. The normalized spacial score (nSPS) is 15.0. The second-order valence-corrected chi connectivity index (χ2v) is 8.63. The highest BCUT2D eigenvalue weighted by molar-refractivity contribution is 8.00. The second kappa shape index (κ2) is 5.54. The predicted molar refractivity (Wildman–Crippen MR) is 115 cm³/mol. The lowest BCUT2D eigenvalue weighted by molar-refractivity contribution is 0.714. The van der Waals surface area contributed by atoms with Crippen molar-refractivity contribution < 1.29 is 0 Å². The highest BCUT2D eigenvalue weighted by atomic mass is 32.2. The molecule has 1 aliphatic heterocycles. The summed E-state index contributed by atoms with van der Waals surface area (Å²) in [7, 11) is 0. The first-order valence-corrected chi connectivity index (χ1v) is 10.4. The second-order valence-electron chi connectivity index (χ2n) is 7.09. The van der Waals surface area contributed by atoms with E-state index in [1.165, 1.54) is 43.2 Å². The number of benzene rings is 4. The molecule has 4 aromatic carbocycles. The topological polar surface area (TPSA) is 0 Å². The zero-order chi connectivity index (χ0) is 18.0. The maximum Gasteiger partial charge on any atom is 0.0735 e. The minimum absolute atomic E-state index is 0.275. The summed E-state index contributed by atoms with van der Waals surface area (Å²) in [5.41, 5.74) is 7.87. The Balaban J connectivity index is 1.87. The van der Waals surface area contributed by atoms with Gasteiger partial charge in [0.1, 0.15) is 0 Å². The lowest BCUT2D eigenvalue weighted by Crippen LogP contribution is -2.32. The van der Waals surface area contributed by atoms with Crippen molar-refractivity contribution in [1.29, 1.82) is 0 Å². The largest absolute Gasteiger partial charge is 0.142 e. The smallest absolute Gasteiger partial charge is 0.0735 e. The number of rotatable bonds is 0. The number of fused-ring (bicyclic) bond motifs is 9. The lowest BCUT2D eigenvalue weighted by atomic mass is 9.67. The highest BCUT2D eigenvalue weighted by Gasteiger charge is 2.50. The Labute approximate surface area is 168 Å². The summed E-state index contributed by atoms with van der Waals surface area (Å²) in [5.74, 6) is 0. The first-order chi connectivity index (χ1) is 13.3. The predicted octanol–water partition coefficient (Wildman–Crippen LogP) is 6.80. The van der Waals surface area contributed by atoms with Gasteiger partial charge in [0, 0.05) is 14.7 Å². The fourth-order valence-electron chi connectivity index (χ4n) is 4.86. The van der Waals surface area contributed by atoms with Gasteiger partial charge in [0.05, 0.1) is 5.41 Å². The van der Waals surface area contributed by atoms with Crippen molar-refractivity contribution in [3.63, 3.8) is 0 Å². The van der Waals surface area contributed by atoms with Crippen LogP contribution in [0.2, 0.25) is 0 Å². The van der Waals surface area contributed by atoms with Crippen molar-refractivity contribution in [3.8, 4) is 11.1 Å². The molecule has 1 heterocycles. The summed E-state index contributed by atoms with van der Waals surface area (Å²) in [6.07, 6.45) is 0. The molecule has 0 unspecified atom stereocenters. The molecule has 0 saturated heterocycles. The van der Waals surface area contributed by atoms with E-state index >= 15 is 0 Å². The zero-order valence-electron chi connectivity index (χ0n) is 14.5. The molecular formula is C25H16S2. The van der Waals surface area contributed by atoms with E-state index in [4.69, 9.17) is 12.6 Å². The van der Waals surface area contributed by atoms with E-state index < -0.39 is 0 Å². The summed E-state index contributed by atoms with van der Waals surface area (Å²) in [6.45, 7) is 0. The van der Waals surface area contributed by atoms with Crippen LogP contribution >= 0.6 is 24.4 Å². The van der Waals surface area contributed by atoms with Gasteiger partial charge < -0.3 is 0 Å². The molecule has 0 nitrogen and oxygen atoms in total. The van der Waals surface area contributed by atoms with Crippen LogP contribution in [0.1, 0.15) is 22.3 Å². The van der Waals surface area contributed by atoms with Gasteiger partial charge >= 0.3 is 0 Å². The molecule has 4 aromatic rings. The summed E-state index contributed by atoms with van der Waals surface area (Å²) >= 11 is 6.67. The van der Waals surface area contributed by atoms with Gasteiger partial charge in [0.15, 0.2) is 0 Å². The molecule has 0 aromatic heterocycles. The Hall–Kier alpha value is -2.42. The van der Waals surface area contributed by atoms with E-state index in [-0.39, 0.29) is 5.41 Å². The van der Waals surface area contributed by atoms with Crippen molar-refractivity contribution >= 4 is 24.4 Å². The first kappa shape index (κ1) is 15.6. The van der Waals surface area contributed by atoms with Gasteiger partial charge in [0.2, 0.25) is 0 Å². The Morgan fingerprint density at radius 1 is 0.556 bits per heavy atom. The minimum Gasteiger partial charge on any atom is -0.142 e. The summed E-state index contributed by atoms with van der Waals surface area (Å²) in [4.78, 5) is 3.64. The van der Waals surface area contributed by atoms with Crippen molar-refractivity contribution in [2.24, 2.45) is 0 Å². The fraction of sp³-hybridized carbons (Fsp3) is 0.0400. The maximum atomic E-state index is 4.82. The lowest BCUT2D eigenvalue weighted by Gasteiger charge is -2.40. The van der Waals surface area contributed by atoms with Crippen molar-refractivity contribution in [3.05, 3.63) is 113 Å². The molecule has 0 atom stereocenters. The van der Waals surface area contributed by atoms with Gasteiger partial charge in [-0.05, 0) is 45.5 Å². The van der Waals surface area contributed by atoms with E-state index in [0.717, 1.165) is 4.90 Å². The molecular weight excluding hydrogens is 364 g/mol. The molecule has 27 heavy (non-hydrogen) atoms. The number of hydrogen-bond acceptors (Lipinski definition) is 2. The molecule has 0 amide bonds. The van der Waals surface area contributed by atoms with Gasteiger partial charge in [-0.1, -0.05) is 90.6 Å². The van der Waals surface area contributed by atoms with E-state index in [1.807, 2.05) is 11.8 Å². The molecule has 0 radical (unpaired) electrons. The van der Waals surface area contributed by atoms with E-state index in [2.05, 4.69) is 91.0 Å². The highest BCUT2D eigenvalue weighted by Crippen LogP contribution is 2.62. The molecule has 0 N–H and O–H groups in total. The SMILES string of the molecule is Sc1cccc2c1Sc1ccccc1C21c2ccccc2-c2ccccc21. The number of thiol groups is 1. The summed E-state index contributed by atoms with van der Waals surface area (Å²) < 4.78 is 0. The van der Waals surface area contributed by atoms with E-state index in [0.29, 0.717) is 0 Å². The summed E-state index contributed by atoms with van der Waals surface area (Å²) in [5, 5.41) is 0. The third-order valence-electron chi connectivity index (χ3n) is 5.85. The third kappa shape index (κ3) is 1.87. The van der Waals surface area contributed by atoms with Crippen molar-refractivity contribution in [2.75, 3.05) is 0 Å². The molecule has 1 spiro atoms. The van der Waals surface area contributed by atoms with Gasteiger partial charge in [-0.3, -0.25) is 0 Å². The van der Waals surface area contributed by atoms with Crippen LogP contribution in [0.3, 0.4) is 0 Å². The van der Waals surface area contributed by atoms with Gasteiger partial charge in [-0.25, -0.2) is 0 Å². The quantitative estimate of drug-likeness (QED) is 0.283. The molecule has 0 bridgehead atoms. The van der Waals surface area contributed by atoms with Crippen LogP contribution in [0.4, 0.5) is 0 Å². The van der Waals surface area contributed by atoms with Crippen LogP contribution in [0.25, 0.3) is 11.1 Å². The molecule has 2 aliphatic rings. The Morgan fingerprint density at radius 3 is 1.81 bits per heavy atom. The van der Waals surface area contributed by atoms with E-state index in [9.17, 15) is 0 Å². The minimum atomic E-state index is -0.275. The van der Waals surface area contributed by atoms with Crippen molar-refractivity contribution in [2.45, 2.75) is 20.1 Å². The molecule has 0 saturated carbocycles. The Morgan fingerprint density at radius 2 is 1.11 bits per heavy atom. The van der Waals surface area contributed by atoms with Gasteiger partial charge in [-0.15, -0.1) is 12.6 Å². The van der Waals surface area contributed by atoms with Crippen LogP contribution < -0.4 is 0 Å². The maximum absolute atomic E-state index is 4.82. The first-order valence-electron chi connectivity index (χ1n) is 9.11. The number of hydrogen-bond donors (Lipinski definition) is 1. The Kier molecular flexibility index (Phi) is 3.21. The average molecular weight is 381 g/mol. The van der Waals surface area contributed by atoms with Crippen LogP contribution in [0, 0.1) is 0 Å². The van der Waals surface area contributed by atoms with Gasteiger partial charge in [-0.2, -0.15) is 0 Å². The van der Waals surface area contributed by atoms with Crippen LogP contribution in [0.15, 0.2) is 106 Å². The molecule has 1 aliphatic carbocycles. The molecule has 0 fully saturated rings. The zero-order valence-corrected chi connectivity index (χ0v) is 16.2. The van der Waals surface area contributed by atoms with Crippen LogP contribution in [-0.2, 0) is 5.41 Å². The van der Waals surface area contributed by atoms with Crippen LogP contribution in [0.5, 0.6) is 0 Å². The summed E-state index contributed by atoms with van der Waals surface area (Å²) in [6, 6.07) is 33.1. The molecule has 2 heteroatoms. The van der Waals surface area contributed by atoms with Crippen molar-refractivity contribution in [1.82, 2.24) is 0 Å². The van der Waals surface area contributed by atoms with Gasteiger partial charge in [0.25, 0.3) is 0 Å². The van der Waals surface area contributed by atoms with Crippen LogP contribution in [-0.4, -0.2) is 0 Å². The standard InChI is InChI=1S/C25H16S2/c26-22-14-7-13-21-24(22)27-23-15-6-5-12-20(23)25(21)18-10-3-1-8-16(18)17-9-2-4-11-19(17)25/h1-15,26H. The molecule has 128 valence electrons. The Bertz CT molecular complexity index is 1180.